The zero-order valence-electron chi connectivity index (χ0n) is 16.3. The number of aromatic amines is 1. The van der Waals surface area contributed by atoms with Crippen LogP contribution in [0.25, 0.3) is 22.0 Å². The Morgan fingerprint density at radius 3 is 2.77 bits per heavy atom. The van der Waals surface area contributed by atoms with Gasteiger partial charge in [0.1, 0.15) is 5.75 Å². The summed E-state index contributed by atoms with van der Waals surface area (Å²) >= 11 is 6.25. The van der Waals surface area contributed by atoms with Crippen molar-refractivity contribution in [3.05, 3.63) is 83.0 Å². The van der Waals surface area contributed by atoms with Crippen molar-refractivity contribution < 1.29 is 14.6 Å². The summed E-state index contributed by atoms with van der Waals surface area (Å²) in [6.45, 7) is 0.485. The van der Waals surface area contributed by atoms with Gasteiger partial charge in [-0.3, -0.25) is 9.89 Å². The van der Waals surface area contributed by atoms with E-state index in [0.29, 0.717) is 19.4 Å². The first-order chi connectivity index (χ1) is 14.6. The van der Waals surface area contributed by atoms with Gasteiger partial charge in [0, 0.05) is 28.8 Å². The van der Waals surface area contributed by atoms with Gasteiger partial charge in [-0.05, 0) is 53.4 Å². The third kappa shape index (κ3) is 4.63. The van der Waals surface area contributed by atoms with E-state index in [2.05, 4.69) is 16.3 Å². The summed E-state index contributed by atoms with van der Waals surface area (Å²) < 4.78 is 6.13. The first kappa shape index (κ1) is 20.0. The van der Waals surface area contributed by atoms with Crippen LogP contribution in [0.3, 0.4) is 0 Å². The van der Waals surface area contributed by atoms with E-state index in [1.54, 1.807) is 6.20 Å². The van der Waals surface area contributed by atoms with E-state index >= 15 is 0 Å². The van der Waals surface area contributed by atoms with Crippen molar-refractivity contribution in [1.29, 1.82) is 0 Å². The highest BCUT2D eigenvalue weighted by atomic mass is 35.5. The van der Waals surface area contributed by atoms with E-state index in [0.717, 1.165) is 43.9 Å². The molecule has 0 radical (unpaired) electrons. The number of rotatable bonds is 8. The van der Waals surface area contributed by atoms with Crippen molar-refractivity contribution in [2.75, 3.05) is 6.61 Å². The van der Waals surface area contributed by atoms with E-state index in [-0.39, 0.29) is 6.42 Å². The number of nitrogens with one attached hydrogen (secondary N) is 1. The molecule has 0 aliphatic rings. The molecule has 4 rings (SSSR count). The third-order valence-corrected chi connectivity index (χ3v) is 5.38. The maximum Gasteiger partial charge on any atom is 0.303 e. The molecule has 0 aliphatic heterocycles. The molecule has 5 nitrogen and oxygen atoms in total. The van der Waals surface area contributed by atoms with E-state index in [4.69, 9.17) is 21.4 Å². The maximum atomic E-state index is 11.0. The Hall–Kier alpha value is -3.31. The summed E-state index contributed by atoms with van der Waals surface area (Å²) in [5.74, 6) is -0.0552. The van der Waals surface area contributed by atoms with Crippen LogP contribution in [-0.2, 0) is 17.6 Å². The summed E-state index contributed by atoms with van der Waals surface area (Å²) in [4.78, 5) is 11.0. The van der Waals surface area contributed by atoms with Crippen LogP contribution in [0.4, 0.5) is 0 Å². The predicted octanol–water partition coefficient (Wildman–Crippen LogP) is 5.52. The number of carboxylic acid groups (broad SMARTS) is 1. The molecule has 0 aliphatic carbocycles. The second kappa shape index (κ2) is 9.01. The summed E-state index contributed by atoms with van der Waals surface area (Å²) in [6, 6.07) is 19.6. The minimum Gasteiger partial charge on any atom is -0.493 e. The highest BCUT2D eigenvalue weighted by Crippen LogP contribution is 2.33. The fraction of sp³-hybridized carbons (Fsp3) is 0.167. The largest absolute Gasteiger partial charge is 0.493 e. The average Bonchev–Trinajstić information content (AvgIpc) is 3.22. The Kier molecular flexibility index (Phi) is 6.00. The van der Waals surface area contributed by atoms with Gasteiger partial charge in [0.2, 0.25) is 0 Å². The number of benzene rings is 3. The fourth-order valence-corrected chi connectivity index (χ4v) is 3.65. The van der Waals surface area contributed by atoms with Gasteiger partial charge < -0.3 is 9.84 Å². The minimum absolute atomic E-state index is 0.0902. The second-order valence-electron chi connectivity index (χ2n) is 7.09. The molecule has 0 amide bonds. The van der Waals surface area contributed by atoms with Gasteiger partial charge in [0.05, 0.1) is 18.3 Å². The first-order valence-electron chi connectivity index (χ1n) is 9.74. The molecule has 0 saturated heterocycles. The van der Waals surface area contributed by atoms with Crippen LogP contribution >= 0.6 is 11.6 Å². The highest BCUT2D eigenvalue weighted by molar-refractivity contribution is 6.31. The smallest absolute Gasteiger partial charge is 0.303 e. The monoisotopic (exact) mass is 420 g/mol. The maximum absolute atomic E-state index is 11.0. The van der Waals surface area contributed by atoms with Gasteiger partial charge in [-0.15, -0.1) is 0 Å². The molecule has 1 aromatic heterocycles. The summed E-state index contributed by atoms with van der Waals surface area (Å²) in [5.41, 5.74) is 4.88. The number of carbonyl (C=O) groups is 1. The number of ether oxygens (including phenoxy) is 1. The molecule has 0 bridgehead atoms. The summed E-state index contributed by atoms with van der Waals surface area (Å²) in [5, 5.41) is 17.8. The topological polar surface area (TPSA) is 75.2 Å². The van der Waals surface area contributed by atoms with Gasteiger partial charge in [-0.25, -0.2) is 0 Å². The number of H-pyrrole nitrogens is 1. The average molecular weight is 421 g/mol. The lowest BCUT2D eigenvalue weighted by Gasteiger charge is -2.14. The molecule has 0 fully saturated rings. The van der Waals surface area contributed by atoms with Crippen LogP contribution < -0.4 is 4.74 Å². The van der Waals surface area contributed by atoms with Gasteiger partial charge in [-0.2, -0.15) is 5.10 Å². The lowest BCUT2D eigenvalue weighted by molar-refractivity contribution is -0.136. The van der Waals surface area contributed by atoms with Crippen molar-refractivity contribution in [2.45, 2.75) is 19.3 Å². The Morgan fingerprint density at radius 2 is 1.93 bits per heavy atom. The lowest BCUT2D eigenvalue weighted by Crippen LogP contribution is -2.04. The number of aromatic nitrogens is 2. The second-order valence-corrected chi connectivity index (χ2v) is 7.49. The molecule has 6 heteroatoms. The fourth-order valence-electron chi connectivity index (χ4n) is 3.42. The van der Waals surface area contributed by atoms with E-state index in [1.165, 1.54) is 0 Å². The molecule has 2 N–H and O–H groups in total. The van der Waals surface area contributed by atoms with Gasteiger partial charge in [0.15, 0.2) is 0 Å². The van der Waals surface area contributed by atoms with Crippen molar-refractivity contribution in [3.8, 4) is 16.9 Å². The SMILES string of the molecule is O=C(O)CCc1ccc(OCCc2ccccc2Cl)c(-c2ccc3[nH]ncc3c2)c1. The standard InChI is InChI=1S/C24H21ClN2O3/c25-21-4-2-1-3-17(21)11-12-30-23-9-5-16(6-10-24(28)29)13-20(23)18-7-8-22-19(14-18)15-26-27-22/h1-5,7-9,13-15H,6,10-12H2,(H,26,27)(H,28,29). The molecular formula is C24H21ClN2O3. The molecule has 3 aromatic carbocycles. The van der Waals surface area contributed by atoms with Crippen molar-refractivity contribution in [3.63, 3.8) is 0 Å². The van der Waals surface area contributed by atoms with Crippen LogP contribution in [0.5, 0.6) is 5.75 Å². The summed E-state index contributed by atoms with van der Waals surface area (Å²) in [6.07, 6.45) is 3.04. The molecule has 1 heterocycles. The Morgan fingerprint density at radius 1 is 1.07 bits per heavy atom. The number of halogens is 1. The quantitative estimate of drug-likeness (QED) is 0.393. The lowest BCUT2D eigenvalue weighted by atomic mass is 9.99. The summed E-state index contributed by atoms with van der Waals surface area (Å²) in [7, 11) is 0. The zero-order valence-corrected chi connectivity index (χ0v) is 17.0. The number of aliphatic carboxylic acids is 1. The van der Waals surface area contributed by atoms with E-state index in [9.17, 15) is 4.79 Å². The Bertz CT molecular complexity index is 1190. The first-order valence-corrected chi connectivity index (χ1v) is 10.1. The van der Waals surface area contributed by atoms with Crippen molar-refractivity contribution in [1.82, 2.24) is 10.2 Å². The molecule has 152 valence electrons. The normalized spacial score (nSPS) is 11.0. The number of carboxylic acids is 1. The highest BCUT2D eigenvalue weighted by Gasteiger charge is 2.11. The van der Waals surface area contributed by atoms with E-state index < -0.39 is 5.97 Å². The van der Waals surface area contributed by atoms with Gasteiger partial charge >= 0.3 is 5.97 Å². The number of aryl methyl sites for hydroxylation is 1. The molecule has 4 aromatic rings. The van der Waals surface area contributed by atoms with Crippen molar-refractivity contribution in [2.24, 2.45) is 0 Å². The molecule has 0 saturated carbocycles. The van der Waals surface area contributed by atoms with Crippen LogP contribution in [0, 0.1) is 0 Å². The van der Waals surface area contributed by atoms with Crippen LogP contribution in [0.15, 0.2) is 66.9 Å². The molecular weight excluding hydrogens is 400 g/mol. The molecule has 0 unspecified atom stereocenters. The number of hydrogen-bond acceptors (Lipinski definition) is 3. The number of hydrogen-bond donors (Lipinski definition) is 2. The number of fused-ring (bicyclic) bond motifs is 1. The van der Waals surface area contributed by atoms with Gasteiger partial charge in [-0.1, -0.05) is 41.9 Å². The Balaban J connectivity index is 1.61. The zero-order chi connectivity index (χ0) is 20.9. The van der Waals surface area contributed by atoms with E-state index in [1.807, 2.05) is 54.6 Å². The molecule has 30 heavy (non-hydrogen) atoms. The Labute approximate surface area is 179 Å². The predicted molar refractivity (Wildman–Crippen MR) is 118 cm³/mol. The third-order valence-electron chi connectivity index (χ3n) is 5.01. The molecule has 0 spiro atoms. The minimum atomic E-state index is -0.809. The molecule has 0 atom stereocenters. The van der Waals surface area contributed by atoms with Crippen LogP contribution in [0.1, 0.15) is 17.5 Å². The van der Waals surface area contributed by atoms with Crippen LogP contribution in [-0.4, -0.2) is 27.9 Å². The van der Waals surface area contributed by atoms with Crippen molar-refractivity contribution >= 4 is 28.5 Å². The van der Waals surface area contributed by atoms with Crippen LogP contribution in [0.2, 0.25) is 5.02 Å². The van der Waals surface area contributed by atoms with Gasteiger partial charge in [0.25, 0.3) is 0 Å². The number of nitrogens with zero attached hydrogens (tertiary/aromatic N) is 1.